The van der Waals surface area contributed by atoms with Crippen molar-refractivity contribution >= 4 is 22.0 Å². The van der Waals surface area contributed by atoms with E-state index in [0.717, 1.165) is 6.26 Å². The lowest BCUT2D eigenvalue weighted by Gasteiger charge is -2.34. The Morgan fingerprint density at radius 1 is 1.05 bits per heavy atom. The van der Waals surface area contributed by atoms with Gasteiger partial charge in [-0.05, 0) is 6.42 Å². The highest BCUT2D eigenvalue weighted by Gasteiger charge is 2.21. The zero-order valence-electron chi connectivity index (χ0n) is 11.9. The van der Waals surface area contributed by atoms with Crippen LogP contribution in [0.4, 0.5) is 4.79 Å². The summed E-state index contributed by atoms with van der Waals surface area (Å²) in [6, 6.07) is -0.174. The SMILES string of the molecule is CC(=O)N1CCN(C(=O)NCCCNS(C)(=O)=O)CC1. The first-order valence-corrected chi connectivity index (χ1v) is 8.41. The second-order valence-electron chi connectivity index (χ2n) is 4.75. The average molecular weight is 306 g/mol. The number of nitrogens with zero attached hydrogens (tertiary/aromatic N) is 2. The maximum absolute atomic E-state index is 11.8. The van der Waals surface area contributed by atoms with E-state index < -0.39 is 10.0 Å². The Morgan fingerprint density at radius 3 is 2.10 bits per heavy atom. The van der Waals surface area contributed by atoms with Crippen molar-refractivity contribution in [3.8, 4) is 0 Å². The average Bonchev–Trinajstić information content (AvgIpc) is 2.37. The van der Waals surface area contributed by atoms with E-state index >= 15 is 0 Å². The van der Waals surface area contributed by atoms with Crippen LogP contribution in [0.5, 0.6) is 0 Å². The highest BCUT2D eigenvalue weighted by atomic mass is 32.2. The number of urea groups is 1. The third-order valence-electron chi connectivity index (χ3n) is 3.01. The third-order valence-corrected chi connectivity index (χ3v) is 3.73. The number of amides is 3. The molecule has 8 nitrogen and oxygen atoms in total. The molecule has 0 spiro atoms. The molecule has 1 rings (SSSR count). The Labute approximate surface area is 119 Å². The molecule has 0 bridgehead atoms. The van der Waals surface area contributed by atoms with Crippen molar-refractivity contribution in [2.75, 3.05) is 45.5 Å². The molecule has 2 N–H and O–H groups in total. The summed E-state index contributed by atoms with van der Waals surface area (Å²) >= 11 is 0. The highest BCUT2D eigenvalue weighted by molar-refractivity contribution is 7.88. The molecule has 0 saturated carbocycles. The van der Waals surface area contributed by atoms with Crippen LogP contribution >= 0.6 is 0 Å². The van der Waals surface area contributed by atoms with Crippen molar-refractivity contribution in [3.05, 3.63) is 0 Å². The van der Waals surface area contributed by atoms with Crippen molar-refractivity contribution in [3.63, 3.8) is 0 Å². The van der Waals surface area contributed by atoms with Crippen LogP contribution in [0.2, 0.25) is 0 Å². The Balaban J connectivity index is 2.16. The second kappa shape index (κ2) is 7.44. The molecular formula is C11H22N4O4S. The van der Waals surface area contributed by atoms with Gasteiger partial charge in [0.05, 0.1) is 6.26 Å². The summed E-state index contributed by atoms with van der Waals surface area (Å²) in [6.45, 7) is 4.38. The van der Waals surface area contributed by atoms with Crippen molar-refractivity contribution in [1.82, 2.24) is 19.8 Å². The molecule has 9 heteroatoms. The zero-order chi connectivity index (χ0) is 15.2. The molecule has 1 saturated heterocycles. The zero-order valence-corrected chi connectivity index (χ0v) is 12.7. The van der Waals surface area contributed by atoms with E-state index in [0.29, 0.717) is 45.7 Å². The van der Waals surface area contributed by atoms with Gasteiger partial charge in [-0.15, -0.1) is 0 Å². The van der Waals surface area contributed by atoms with Crippen molar-refractivity contribution in [1.29, 1.82) is 0 Å². The first-order valence-electron chi connectivity index (χ1n) is 6.52. The van der Waals surface area contributed by atoms with Gasteiger partial charge in [0.2, 0.25) is 15.9 Å². The smallest absolute Gasteiger partial charge is 0.317 e. The molecule has 0 aromatic carbocycles. The van der Waals surface area contributed by atoms with E-state index in [9.17, 15) is 18.0 Å². The molecule has 1 heterocycles. The maximum atomic E-state index is 11.8. The highest BCUT2D eigenvalue weighted by Crippen LogP contribution is 2.02. The minimum absolute atomic E-state index is 0.0249. The Morgan fingerprint density at radius 2 is 1.60 bits per heavy atom. The lowest BCUT2D eigenvalue weighted by atomic mass is 10.3. The fraction of sp³-hybridized carbons (Fsp3) is 0.818. The van der Waals surface area contributed by atoms with Gasteiger partial charge < -0.3 is 15.1 Å². The lowest BCUT2D eigenvalue weighted by molar-refractivity contribution is -0.130. The summed E-state index contributed by atoms with van der Waals surface area (Å²) in [7, 11) is -3.17. The maximum Gasteiger partial charge on any atom is 0.317 e. The van der Waals surface area contributed by atoms with Crippen LogP contribution in [0.3, 0.4) is 0 Å². The molecule has 0 aliphatic carbocycles. The molecule has 0 aromatic heterocycles. The van der Waals surface area contributed by atoms with Crippen LogP contribution in [0.1, 0.15) is 13.3 Å². The van der Waals surface area contributed by atoms with Gasteiger partial charge in [-0.1, -0.05) is 0 Å². The van der Waals surface area contributed by atoms with E-state index in [2.05, 4.69) is 10.0 Å². The molecule has 0 unspecified atom stereocenters. The summed E-state index contributed by atoms with van der Waals surface area (Å²) in [6.07, 6.45) is 1.63. The first kappa shape index (κ1) is 16.7. The number of piperazine rings is 1. The minimum Gasteiger partial charge on any atom is -0.339 e. The van der Waals surface area contributed by atoms with Crippen LogP contribution in [0.15, 0.2) is 0 Å². The van der Waals surface area contributed by atoms with Crippen LogP contribution in [0.25, 0.3) is 0 Å². The van der Waals surface area contributed by atoms with E-state index in [1.807, 2.05) is 0 Å². The number of hydrogen-bond donors (Lipinski definition) is 2. The van der Waals surface area contributed by atoms with E-state index in [1.54, 1.807) is 9.80 Å². The summed E-state index contributed by atoms with van der Waals surface area (Å²) in [5, 5.41) is 2.73. The molecule has 20 heavy (non-hydrogen) atoms. The van der Waals surface area contributed by atoms with Crippen LogP contribution in [-0.4, -0.2) is 75.7 Å². The Bertz CT molecular complexity index is 443. The number of carbonyl (C=O) groups excluding carboxylic acids is 2. The van der Waals surface area contributed by atoms with Crippen molar-refractivity contribution < 1.29 is 18.0 Å². The number of hydrogen-bond acceptors (Lipinski definition) is 4. The number of sulfonamides is 1. The lowest BCUT2D eigenvalue weighted by Crippen LogP contribution is -2.52. The minimum atomic E-state index is -3.17. The van der Waals surface area contributed by atoms with Gasteiger partial charge in [0, 0.05) is 46.2 Å². The molecular weight excluding hydrogens is 284 g/mol. The van der Waals surface area contributed by atoms with E-state index in [1.165, 1.54) is 6.92 Å². The summed E-state index contributed by atoms with van der Waals surface area (Å²) in [4.78, 5) is 26.3. The van der Waals surface area contributed by atoms with Crippen LogP contribution in [0, 0.1) is 0 Å². The Kier molecular flexibility index (Phi) is 6.21. The van der Waals surface area contributed by atoms with Crippen molar-refractivity contribution in [2.24, 2.45) is 0 Å². The predicted molar refractivity (Wildman–Crippen MR) is 74.7 cm³/mol. The van der Waals surface area contributed by atoms with Crippen molar-refractivity contribution in [2.45, 2.75) is 13.3 Å². The number of rotatable bonds is 5. The van der Waals surface area contributed by atoms with Gasteiger partial charge >= 0.3 is 6.03 Å². The molecule has 116 valence electrons. The normalized spacial score (nSPS) is 16.1. The van der Waals surface area contributed by atoms with E-state index in [-0.39, 0.29) is 11.9 Å². The van der Waals surface area contributed by atoms with Gasteiger partial charge in [-0.25, -0.2) is 17.9 Å². The van der Waals surface area contributed by atoms with Gasteiger partial charge in [0.1, 0.15) is 0 Å². The summed E-state index contributed by atoms with van der Waals surface area (Å²) in [5.74, 6) is 0.0249. The van der Waals surface area contributed by atoms with Gasteiger partial charge in [-0.3, -0.25) is 4.79 Å². The molecule has 1 aliphatic heterocycles. The fourth-order valence-electron chi connectivity index (χ4n) is 1.88. The molecule has 0 atom stereocenters. The van der Waals surface area contributed by atoms with Crippen LogP contribution in [-0.2, 0) is 14.8 Å². The molecule has 3 amide bonds. The fourth-order valence-corrected chi connectivity index (χ4v) is 2.39. The topological polar surface area (TPSA) is 98.8 Å². The van der Waals surface area contributed by atoms with E-state index in [4.69, 9.17) is 0 Å². The number of nitrogens with one attached hydrogen (secondary N) is 2. The van der Waals surface area contributed by atoms with Crippen LogP contribution < -0.4 is 10.0 Å². The molecule has 1 fully saturated rings. The number of carbonyl (C=O) groups is 2. The molecule has 0 aromatic rings. The quantitative estimate of drug-likeness (QED) is 0.623. The second-order valence-corrected chi connectivity index (χ2v) is 6.58. The summed E-state index contributed by atoms with van der Waals surface area (Å²) < 4.78 is 24.0. The summed E-state index contributed by atoms with van der Waals surface area (Å²) in [5.41, 5.74) is 0. The monoisotopic (exact) mass is 306 g/mol. The van der Waals surface area contributed by atoms with Gasteiger partial charge in [-0.2, -0.15) is 0 Å². The van der Waals surface area contributed by atoms with Gasteiger partial charge in [0.25, 0.3) is 0 Å². The predicted octanol–water partition coefficient (Wildman–Crippen LogP) is -1.20. The Hall–Kier alpha value is -1.35. The third kappa shape index (κ3) is 6.20. The first-order chi connectivity index (χ1) is 9.29. The molecule has 1 aliphatic rings. The van der Waals surface area contributed by atoms with Gasteiger partial charge in [0.15, 0.2) is 0 Å². The largest absolute Gasteiger partial charge is 0.339 e. The molecule has 0 radical (unpaired) electrons. The standard InChI is InChI=1S/C11H22N4O4S/c1-10(16)14-6-8-15(9-7-14)11(17)12-4-3-5-13-20(2,18)19/h13H,3-9H2,1-2H3,(H,12,17).